The van der Waals surface area contributed by atoms with Crippen LogP contribution >= 0.6 is 47.8 Å². The largest absolute Gasteiger partial charge is 0.304 e. The summed E-state index contributed by atoms with van der Waals surface area (Å²) in [6, 6.07) is 5.50. The Morgan fingerprint density at radius 3 is 2.68 bits per heavy atom. The Labute approximate surface area is 135 Å². The van der Waals surface area contributed by atoms with Crippen molar-refractivity contribution in [2.45, 2.75) is 6.92 Å². The van der Waals surface area contributed by atoms with Crippen LogP contribution in [0.2, 0.25) is 0 Å². The van der Waals surface area contributed by atoms with Crippen molar-refractivity contribution in [1.29, 1.82) is 0 Å². The number of amides is 1. The van der Waals surface area contributed by atoms with E-state index in [2.05, 4.69) is 63.1 Å². The van der Waals surface area contributed by atoms with E-state index in [9.17, 15) is 4.79 Å². The second kappa shape index (κ2) is 6.11. The summed E-state index contributed by atoms with van der Waals surface area (Å²) in [4.78, 5) is 20.4. The lowest BCUT2D eigenvalue weighted by molar-refractivity contribution is 0.102. The quantitative estimate of drug-likeness (QED) is 0.742. The van der Waals surface area contributed by atoms with Crippen molar-refractivity contribution in [1.82, 2.24) is 9.97 Å². The van der Waals surface area contributed by atoms with E-state index in [1.54, 1.807) is 6.07 Å². The first-order valence-electron chi connectivity index (χ1n) is 5.23. The molecule has 7 heteroatoms. The maximum atomic E-state index is 12.2. The van der Waals surface area contributed by atoms with Gasteiger partial charge in [-0.2, -0.15) is 0 Å². The summed E-state index contributed by atoms with van der Waals surface area (Å²) in [5, 5.41) is 2.71. The molecular formula is C12H8Br3N3O. The molecule has 0 bridgehead atoms. The fourth-order valence-electron chi connectivity index (χ4n) is 1.43. The Morgan fingerprint density at radius 2 is 2.00 bits per heavy atom. The topological polar surface area (TPSA) is 54.9 Å². The lowest BCUT2D eigenvalue weighted by Gasteiger charge is -2.08. The SMILES string of the molecule is Cc1cccc(C(=O)Nc2ncc(Br)nc2Br)c1Br. The van der Waals surface area contributed by atoms with Crippen molar-refractivity contribution in [2.75, 3.05) is 5.32 Å². The Bertz CT molecular complexity index is 646. The molecule has 0 radical (unpaired) electrons. The van der Waals surface area contributed by atoms with E-state index in [0.717, 1.165) is 10.0 Å². The van der Waals surface area contributed by atoms with Gasteiger partial charge in [0.2, 0.25) is 0 Å². The number of rotatable bonds is 2. The van der Waals surface area contributed by atoms with Crippen molar-refractivity contribution in [3.8, 4) is 0 Å². The number of aromatic nitrogens is 2. The summed E-state index contributed by atoms with van der Waals surface area (Å²) in [6.07, 6.45) is 1.52. The van der Waals surface area contributed by atoms with Crippen LogP contribution in [0.15, 0.2) is 38.1 Å². The number of halogens is 3. The minimum atomic E-state index is -0.243. The molecule has 0 spiro atoms. The summed E-state index contributed by atoms with van der Waals surface area (Å²) < 4.78 is 1.84. The van der Waals surface area contributed by atoms with Crippen LogP contribution in [0.4, 0.5) is 5.82 Å². The van der Waals surface area contributed by atoms with Crippen LogP contribution in [0, 0.1) is 6.92 Å². The second-order valence-corrected chi connectivity index (χ2v) is 6.08. The van der Waals surface area contributed by atoms with Gasteiger partial charge in [0.1, 0.15) is 9.21 Å². The Balaban J connectivity index is 2.28. The molecule has 1 aromatic carbocycles. The van der Waals surface area contributed by atoms with Gasteiger partial charge in [0.05, 0.1) is 11.8 Å². The van der Waals surface area contributed by atoms with Crippen molar-refractivity contribution in [3.05, 3.63) is 49.2 Å². The molecule has 19 heavy (non-hydrogen) atoms. The van der Waals surface area contributed by atoms with E-state index in [1.165, 1.54) is 6.20 Å². The maximum Gasteiger partial charge on any atom is 0.258 e. The molecule has 0 aliphatic heterocycles. The molecule has 4 nitrogen and oxygen atoms in total. The van der Waals surface area contributed by atoms with Gasteiger partial charge in [0, 0.05) is 4.47 Å². The third-order valence-electron chi connectivity index (χ3n) is 2.37. The van der Waals surface area contributed by atoms with E-state index in [1.807, 2.05) is 19.1 Å². The van der Waals surface area contributed by atoms with Crippen LogP contribution in [0.1, 0.15) is 15.9 Å². The van der Waals surface area contributed by atoms with Crippen LogP contribution in [-0.2, 0) is 0 Å². The van der Waals surface area contributed by atoms with Crippen LogP contribution in [-0.4, -0.2) is 15.9 Å². The monoisotopic (exact) mass is 447 g/mol. The number of carbonyl (C=O) groups excluding carboxylic acids is 1. The molecule has 2 rings (SSSR count). The highest BCUT2D eigenvalue weighted by atomic mass is 79.9. The van der Waals surface area contributed by atoms with Crippen molar-refractivity contribution < 1.29 is 4.79 Å². The average Bonchev–Trinajstić information content (AvgIpc) is 2.36. The molecule has 2 aromatic rings. The third-order valence-corrected chi connectivity index (χ3v) is 4.36. The lowest BCUT2D eigenvalue weighted by atomic mass is 10.1. The Morgan fingerprint density at radius 1 is 1.26 bits per heavy atom. The molecule has 0 unspecified atom stereocenters. The van der Waals surface area contributed by atoms with Crippen LogP contribution in [0.5, 0.6) is 0 Å². The third kappa shape index (κ3) is 3.40. The summed E-state index contributed by atoms with van der Waals surface area (Å²) in [7, 11) is 0. The number of carbonyl (C=O) groups is 1. The number of hydrogen-bond donors (Lipinski definition) is 1. The van der Waals surface area contributed by atoms with Gasteiger partial charge in [-0.3, -0.25) is 4.79 Å². The first kappa shape index (κ1) is 14.6. The molecule has 0 aliphatic carbocycles. The highest BCUT2D eigenvalue weighted by Gasteiger charge is 2.14. The van der Waals surface area contributed by atoms with Gasteiger partial charge in [0.25, 0.3) is 5.91 Å². The molecule has 0 atom stereocenters. The standard InChI is InChI=1S/C12H8Br3N3O/c1-6-3-2-4-7(9(6)14)12(19)18-11-10(15)17-8(13)5-16-11/h2-5H,1H3,(H,16,18,19). The number of aryl methyl sites for hydroxylation is 1. The first-order chi connectivity index (χ1) is 8.99. The van der Waals surface area contributed by atoms with Crippen LogP contribution < -0.4 is 5.32 Å². The van der Waals surface area contributed by atoms with E-state index >= 15 is 0 Å². The van der Waals surface area contributed by atoms with Crippen LogP contribution in [0.3, 0.4) is 0 Å². The van der Waals surface area contributed by atoms with Gasteiger partial charge in [-0.15, -0.1) is 0 Å². The minimum absolute atomic E-state index is 0.243. The fourth-order valence-corrected chi connectivity index (χ4v) is 2.78. The summed E-state index contributed by atoms with van der Waals surface area (Å²) in [6.45, 7) is 1.93. The normalized spacial score (nSPS) is 10.3. The predicted molar refractivity (Wildman–Crippen MR) is 84.3 cm³/mol. The van der Waals surface area contributed by atoms with Crippen LogP contribution in [0.25, 0.3) is 0 Å². The highest BCUT2D eigenvalue weighted by molar-refractivity contribution is 9.11. The van der Waals surface area contributed by atoms with Gasteiger partial charge in [0.15, 0.2) is 5.82 Å². The number of benzene rings is 1. The zero-order valence-corrected chi connectivity index (χ0v) is 14.5. The molecule has 0 saturated carbocycles. The van der Waals surface area contributed by atoms with Gasteiger partial charge in [-0.05, 0) is 66.3 Å². The van der Waals surface area contributed by atoms with Crippen molar-refractivity contribution >= 4 is 59.5 Å². The van der Waals surface area contributed by atoms with Gasteiger partial charge in [-0.1, -0.05) is 12.1 Å². The lowest BCUT2D eigenvalue weighted by Crippen LogP contribution is -2.14. The first-order valence-corrected chi connectivity index (χ1v) is 7.61. The molecule has 0 aliphatic rings. The zero-order chi connectivity index (χ0) is 14.0. The number of anilines is 1. The van der Waals surface area contributed by atoms with Gasteiger partial charge >= 0.3 is 0 Å². The molecule has 1 aromatic heterocycles. The number of hydrogen-bond acceptors (Lipinski definition) is 3. The molecule has 0 fully saturated rings. The molecule has 1 heterocycles. The smallest absolute Gasteiger partial charge is 0.258 e. The maximum absolute atomic E-state index is 12.2. The number of nitrogens with one attached hydrogen (secondary N) is 1. The number of nitrogens with zero attached hydrogens (tertiary/aromatic N) is 2. The second-order valence-electron chi connectivity index (χ2n) is 3.72. The van der Waals surface area contributed by atoms with Gasteiger partial charge < -0.3 is 5.32 Å². The summed E-state index contributed by atoms with van der Waals surface area (Å²) >= 11 is 9.86. The summed E-state index contributed by atoms with van der Waals surface area (Å²) in [5.41, 5.74) is 1.55. The van der Waals surface area contributed by atoms with Crippen molar-refractivity contribution in [3.63, 3.8) is 0 Å². The molecule has 0 saturated heterocycles. The minimum Gasteiger partial charge on any atom is -0.304 e. The molecule has 98 valence electrons. The Hall–Kier alpha value is -0.790. The molecular weight excluding hydrogens is 442 g/mol. The highest BCUT2D eigenvalue weighted by Crippen LogP contribution is 2.24. The fraction of sp³-hybridized carbons (Fsp3) is 0.0833. The van der Waals surface area contributed by atoms with Gasteiger partial charge in [-0.25, -0.2) is 9.97 Å². The summed E-state index contributed by atoms with van der Waals surface area (Å²) in [5.74, 6) is 0.134. The molecule has 1 amide bonds. The van der Waals surface area contributed by atoms with Crippen molar-refractivity contribution in [2.24, 2.45) is 0 Å². The molecule has 1 N–H and O–H groups in total. The van der Waals surface area contributed by atoms with E-state index < -0.39 is 0 Å². The van der Waals surface area contributed by atoms with E-state index in [0.29, 0.717) is 20.6 Å². The Kier molecular flexibility index (Phi) is 4.70. The average molecular weight is 450 g/mol. The van der Waals surface area contributed by atoms with E-state index in [-0.39, 0.29) is 5.91 Å². The van der Waals surface area contributed by atoms with E-state index in [4.69, 9.17) is 0 Å². The zero-order valence-electron chi connectivity index (χ0n) is 9.75. The predicted octanol–water partition coefficient (Wildman–Crippen LogP) is 4.32.